The van der Waals surface area contributed by atoms with E-state index < -0.39 is 6.10 Å². The van der Waals surface area contributed by atoms with E-state index in [0.29, 0.717) is 0 Å². The number of aliphatic hydroxyl groups excluding tert-OH is 1. The standard InChI is InChI=1S/C13H20N2O/c1-2-15-9-8-14-13(15)12(16)10-11-6-4-3-5-7-11/h6,8-9,12,16H,2-5,7,10H2,1H3. The van der Waals surface area contributed by atoms with Crippen LogP contribution in [-0.4, -0.2) is 14.7 Å². The summed E-state index contributed by atoms with van der Waals surface area (Å²) in [6.45, 7) is 2.93. The highest BCUT2D eigenvalue weighted by Crippen LogP contribution is 2.26. The summed E-state index contributed by atoms with van der Waals surface area (Å²) in [5.74, 6) is 0.800. The summed E-state index contributed by atoms with van der Waals surface area (Å²) in [4.78, 5) is 4.24. The number of aromatic nitrogens is 2. The van der Waals surface area contributed by atoms with Crippen molar-refractivity contribution in [3.63, 3.8) is 0 Å². The van der Waals surface area contributed by atoms with Gasteiger partial charge >= 0.3 is 0 Å². The third-order valence-corrected chi connectivity index (χ3v) is 3.23. The van der Waals surface area contributed by atoms with Gasteiger partial charge in [-0.25, -0.2) is 4.98 Å². The molecule has 1 unspecified atom stereocenters. The Kier molecular flexibility index (Phi) is 3.78. The van der Waals surface area contributed by atoms with Gasteiger partial charge in [0.05, 0.1) is 0 Å². The summed E-state index contributed by atoms with van der Waals surface area (Å²) in [6.07, 6.45) is 11.1. The first-order chi connectivity index (χ1) is 7.81. The SMILES string of the molecule is CCn1ccnc1C(O)CC1=CCCCC1. The van der Waals surface area contributed by atoms with Gasteiger partial charge in [0.2, 0.25) is 0 Å². The van der Waals surface area contributed by atoms with E-state index in [1.165, 1.54) is 24.8 Å². The third kappa shape index (κ3) is 2.53. The lowest BCUT2D eigenvalue weighted by Gasteiger charge is -2.17. The molecule has 1 N–H and O–H groups in total. The second kappa shape index (κ2) is 5.30. The number of hydrogen-bond donors (Lipinski definition) is 1. The summed E-state index contributed by atoms with van der Waals surface area (Å²) >= 11 is 0. The zero-order valence-corrected chi connectivity index (χ0v) is 9.89. The van der Waals surface area contributed by atoms with Crippen molar-refractivity contribution < 1.29 is 5.11 Å². The first-order valence-electron chi connectivity index (χ1n) is 6.18. The molecule has 3 heteroatoms. The average Bonchev–Trinajstić information content (AvgIpc) is 2.78. The van der Waals surface area contributed by atoms with Gasteiger partial charge in [0.1, 0.15) is 11.9 Å². The Hall–Kier alpha value is -1.09. The molecular weight excluding hydrogens is 200 g/mol. The Morgan fingerprint density at radius 1 is 1.50 bits per heavy atom. The molecule has 1 atom stereocenters. The van der Waals surface area contributed by atoms with Crippen LogP contribution < -0.4 is 0 Å². The van der Waals surface area contributed by atoms with Crippen LogP contribution in [0.1, 0.15) is 51.0 Å². The molecular formula is C13H20N2O. The molecule has 0 fully saturated rings. The second-order valence-corrected chi connectivity index (χ2v) is 4.40. The summed E-state index contributed by atoms with van der Waals surface area (Å²) < 4.78 is 2.01. The molecule has 0 saturated carbocycles. The van der Waals surface area contributed by atoms with Gasteiger partial charge in [0.15, 0.2) is 0 Å². The zero-order valence-electron chi connectivity index (χ0n) is 9.89. The fourth-order valence-electron chi connectivity index (χ4n) is 2.32. The van der Waals surface area contributed by atoms with Crippen molar-refractivity contribution in [3.05, 3.63) is 29.9 Å². The fourth-order valence-corrected chi connectivity index (χ4v) is 2.32. The van der Waals surface area contributed by atoms with Gasteiger partial charge in [-0.3, -0.25) is 0 Å². The number of aryl methyl sites for hydroxylation is 1. The van der Waals surface area contributed by atoms with Crippen LogP contribution in [0.15, 0.2) is 24.0 Å². The predicted octanol–water partition coefficient (Wildman–Crippen LogP) is 2.83. The molecule has 0 amide bonds. The van der Waals surface area contributed by atoms with Crippen LogP contribution in [-0.2, 0) is 6.54 Å². The normalized spacial score (nSPS) is 18.2. The minimum absolute atomic E-state index is 0.445. The number of nitrogens with zero attached hydrogens (tertiary/aromatic N) is 2. The molecule has 0 saturated heterocycles. The minimum atomic E-state index is -0.445. The Morgan fingerprint density at radius 3 is 3.06 bits per heavy atom. The first-order valence-corrected chi connectivity index (χ1v) is 6.18. The molecule has 0 spiro atoms. The first kappa shape index (κ1) is 11.4. The molecule has 3 nitrogen and oxygen atoms in total. The average molecular weight is 220 g/mol. The van der Waals surface area contributed by atoms with Gasteiger partial charge in [-0.1, -0.05) is 11.6 Å². The van der Waals surface area contributed by atoms with E-state index in [0.717, 1.165) is 25.2 Å². The molecule has 1 heterocycles. The lowest BCUT2D eigenvalue weighted by Crippen LogP contribution is -2.09. The van der Waals surface area contributed by atoms with Crippen LogP contribution in [0.5, 0.6) is 0 Å². The Balaban J connectivity index is 2.02. The molecule has 0 aromatic carbocycles. The predicted molar refractivity (Wildman–Crippen MR) is 64.0 cm³/mol. The molecule has 0 aliphatic heterocycles. The van der Waals surface area contributed by atoms with Crippen molar-refractivity contribution >= 4 is 0 Å². The van der Waals surface area contributed by atoms with E-state index in [1.54, 1.807) is 6.20 Å². The summed E-state index contributed by atoms with van der Waals surface area (Å²) in [6, 6.07) is 0. The van der Waals surface area contributed by atoms with Crippen LogP contribution in [0.3, 0.4) is 0 Å². The van der Waals surface area contributed by atoms with E-state index in [9.17, 15) is 5.11 Å². The van der Waals surface area contributed by atoms with Crippen LogP contribution in [0.25, 0.3) is 0 Å². The Morgan fingerprint density at radius 2 is 2.38 bits per heavy atom. The minimum Gasteiger partial charge on any atom is -0.385 e. The van der Waals surface area contributed by atoms with Crippen LogP contribution in [0.4, 0.5) is 0 Å². The highest BCUT2D eigenvalue weighted by Gasteiger charge is 2.16. The molecule has 1 aromatic rings. The van der Waals surface area contributed by atoms with E-state index in [1.807, 2.05) is 10.8 Å². The molecule has 2 rings (SSSR count). The van der Waals surface area contributed by atoms with Crippen molar-refractivity contribution in [1.82, 2.24) is 9.55 Å². The van der Waals surface area contributed by atoms with Crippen LogP contribution in [0, 0.1) is 0 Å². The fraction of sp³-hybridized carbons (Fsp3) is 0.615. The van der Waals surface area contributed by atoms with E-state index in [-0.39, 0.29) is 0 Å². The second-order valence-electron chi connectivity index (χ2n) is 4.40. The molecule has 1 aliphatic rings. The monoisotopic (exact) mass is 220 g/mol. The number of hydrogen-bond acceptors (Lipinski definition) is 2. The number of allylic oxidation sites excluding steroid dienone is 1. The maximum Gasteiger partial charge on any atom is 0.137 e. The van der Waals surface area contributed by atoms with Gasteiger partial charge in [-0.15, -0.1) is 0 Å². The van der Waals surface area contributed by atoms with Crippen molar-refractivity contribution in [2.75, 3.05) is 0 Å². The van der Waals surface area contributed by atoms with Gasteiger partial charge in [-0.05, 0) is 32.6 Å². The topological polar surface area (TPSA) is 38.0 Å². The highest BCUT2D eigenvalue weighted by atomic mass is 16.3. The van der Waals surface area contributed by atoms with Crippen molar-refractivity contribution in [2.24, 2.45) is 0 Å². The Labute approximate surface area is 96.8 Å². The van der Waals surface area contributed by atoms with Crippen molar-refractivity contribution in [1.29, 1.82) is 0 Å². The molecule has 1 aliphatic carbocycles. The summed E-state index contributed by atoms with van der Waals surface area (Å²) in [5, 5.41) is 10.1. The largest absolute Gasteiger partial charge is 0.385 e. The molecule has 1 aromatic heterocycles. The quantitative estimate of drug-likeness (QED) is 0.792. The van der Waals surface area contributed by atoms with Gasteiger partial charge in [0, 0.05) is 25.4 Å². The number of aliphatic hydroxyl groups is 1. The molecule has 16 heavy (non-hydrogen) atoms. The van der Waals surface area contributed by atoms with E-state index in [2.05, 4.69) is 18.0 Å². The molecule has 88 valence electrons. The van der Waals surface area contributed by atoms with E-state index in [4.69, 9.17) is 0 Å². The lowest BCUT2D eigenvalue weighted by atomic mass is 9.95. The van der Waals surface area contributed by atoms with Crippen LogP contribution >= 0.6 is 0 Å². The van der Waals surface area contributed by atoms with Gasteiger partial charge in [-0.2, -0.15) is 0 Å². The molecule has 0 radical (unpaired) electrons. The van der Waals surface area contributed by atoms with E-state index >= 15 is 0 Å². The Bertz CT molecular complexity index is 368. The number of imidazole rings is 1. The highest BCUT2D eigenvalue weighted by molar-refractivity contribution is 5.09. The van der Waals surface area contributed by atoms with Gasteiger partial charge in [0.25, 0.3) is 0 Å². The maximum absolute atomic E-state index is 10.1. The third-order valence-electron chi connectivity index (χ3n) is 3.23. The smallest absolute Gasteiger partial charge is 0.137 e. The van der Waals surface area contributed by atoms with Gasteiger partial charge < -0.3 is 9.67 Å². The van der Waals surface area contributed by atoms with Crippen molar-refractivity contribution in [2.45, 2.75) is 51.7 Å². The molecule has 0 bridgehead atoms. The number of rotatable bonds is 4. The summed E-state index contributed by atoms with van der Waals surface area (Å²) in [5.41, 5.74) is 1.39. The van der Waals surface area contributed by atoms with Crippen LogP contribution in [0.2, 0.25) is 0 Å². The lowest BCUT2D eigenvalue weighted by molar-refractivity contribution is 0.162. The maximum atomic E-state index is 10.1. The zero-order chi connectivity index (χ0) is 11.4. The van der Waals surface area contributed by atoms with Crippen molar-refractivity contribution in [3.8, 4) is 0 Å². The summed E-state index contributed by atoms with van der Waals surface area (Å²) in [7, 11) is 0.